The van der Waals surface area contributed by atoms with Crippen molar-refractivity contribution in [2.45, 2.75) is 13.2 Å². The molecule has 106 valence electrons. The summed E-state index contributed by atoms with van der Waals surface area (Å²) in [5.74, 6) is -0.952. The van der Waals surface area contributed by atoms with Crippen LogP contribution in [0.2, 0.25) is 0 Å². The van der Waals surface area contributed by atoms with Crippen molar-refractivity contribution in [1.29, 1.82) is 0 Å². The summed E-state index contributed by atoms with van der Waals surface area (Å²) in [6.45, 7) is 0.943. The number of aromatic hydroxyl groups is 1. The lowest BCUT2D eigenvalue weighted by molar-refractivity contribution is 0.185. The Morgan fingerprint density at radius 3 is 2.80 bits per heavy atom. The van der Waals surface area contributed by atoms with E-state index in [0.717, 1.165) is 21.3 Å². The Balaban J connectivity index is 2.14. The molecule has 0 amide bonds. The average Bonchev–Trinajstić information content (AvgIpc) is 2.43. The summed E-state index contributed by atoms with van der Waals surface area (Å²) in [6, 6.07) is 10.2. The number of hydrogen-bond donors (Lipinski definition) is 2. The van der Waals surface area contributed by atoms with Crippen LogP contribution in [0.4, 0.5) is 10.1 Å². The summed E-state index contributed by atoms with van der Waals surface area (Å²) in [5, 5.41) is 12.4. The Kier molecular flexibility index (Phi) is 4.98. The van der Waals surface area contributed by atoms with E-state index in [2.05, 4.69) is 21.2 Å². The predicted molar refractivity (Wildman–Crippen MR) is 80.2 cm³/mol. The molecule has 0 saturated carbocycles. The quantitative estimate of drug-likeness (QED) is 0.863. The molecule has 0 spiro atoms. The fourth-order valence-electron chi connectivity index (χ4n) is 1.87. The van der Waals surface area contributed by atoms with Crippen molar-refractivity contribution in [2.75, 3.05) is 12.4 Å². The first-order chi connectivity index (χ1) is 9.61. The van der Waals surface area contributed by atoms with Crippen LogP contribution in [0.3, 0.4) is 0 Å². The van der Waals surface area contributed by atoms with Gasteiger partial charge in [-0.2, -0.15) is 0 Å². The van der Waals surface area contributed by atoms with Gasteiger partial charge in [0.2, 0.25) is 0 Å². The molecular weight excluding hydrogens is 325 g/mol. The second-order valence-electron chi connectivity index (χ2n) is 4.34. The smallest absolute Gasteiger partial charge is 0.165 e. The van der Waals surface area contributed by atoms with Gasteiger partial charge in [0.05, 0.1) is 6.61 Å². The fourth-order valence-corrected chi connectivity index (χ4v) is 2.35. The van der Waals surface area contributed by atoms with Gasteiger partial charge in [-0.25, -0.2) is 4.39 Å². The summed E-state index contributed by atoms with van der Waals surface area (Å²) < 4.78 is 19.4. The molecule has 0 bridgehead atoms. The summed E-state index contributed by atoms with van der Waals surface area (Å²) in [6.07, 6.45) is 0. The number of ether oxygens (including phenoxy) is 1. The van der Waals surface area contributed by atoms with E-state index in [0.29, 0.717) is 13.2 Å². The van der Waals surface area contributed by atoms with Crippen LogP contribution < -0.4 is 5.32 Å². The van der Waals surface area contributed by atoms with Gasteiger partial charge in [-0.1, -0.05) is 28.1 Å². The summed E-state index contributed by atoms with van der Waals surface area (Å²) in [5.41, 5.74) is 2.69. The van der Waals surface area contributed by atoms with E-state index < -0.39 is 5.82 Å². The number of rotatable bonds is 5. The van der Waals surface area contributed by atoms with E-state index in [9.17, 15) is 4.39 Å². The molecular formula is C15H15BrFNO2. The van der Waals surface area contributed by atoms with Gasteiger partial charge in [-0.15, -0.1) is 0 Å². The molecule has 0 aliphatic rings. The van der Waals surface area contributed by atoms with Gasteiger partial charge in [0.1, 0.15) is 0 Å². The normalized spacial score (nSPS) is 10.6. The second kappa shape index (κ2) is 6.72. The second-order valence-corrected chi connectivity index (χ2v) is 5.19. The molecule has 0 unspecified atom stereocenters. The minimum atomic E-state index is -0.615. The van der Waals surface area contributed by atoms with E-state index >= 15 is 0 Å². The van der Waals surface area contributed by atoms with Gasteiger partial charge in [-0.05, 0) is 29.8 Å². The maximum absolute atomic E-state index is 13.3. The molecule has 20 heavy (non-hydrogen) atoms. The first-order valence-electron chi connectivity index (χ1n) is 6.09. The predicted octanol–water partition coefficient (Wildman–Crippen LogP) is 4.05. The first kappa shape index (κ1) is 14.8. The van der Waals surface area contributed by atoms with Crippen molar-refractivity contribution in [3.8, 4) is 5.75 Å². The lowest BCUT2D eigenvalue weighted by Gasteiger charge is -2.13. The van der Waals surface area contributed by atoms with Crippen LogP contribution in [0.5, 0.6) is 5.75 Å². The highest BCUT2D eigenvalue weighted by molar-refractivity contribution is 9.10. The summed E-state index contributed by atoms with van der Waals surface area (Å²) >= 11 is 3.48. The molecule has 0 fully saturated rings. The first-order valence-corrected chi connectivity index (χ1v) is 6.88. The van der Waals surface area contributed by atoms with Gasteiger partial charge in [0.15, 0.2) is 11.6 Å². The van der Waals surface area contributed by atoms with Crippen LogP contribution >= 0.6 is 15.9 Å². The van der Waals surface area contributed by atoms with Crippen molar-refractivity contribution in [3.05, 3.63) is 57.8 Å². The van der Waals surface area contributed by atoms with E-state index in [-0.39, 0.29) is 5.75 Å². The Labute approximate surface area is 125 Å². The largest absolute Gasteiger partial charge is 0.505 e. The number of benzene rings is 2. The molecule has 5 heteroatoms. The minimum absolute atomic E-state index is 0.337. The van der Waals surface area contributed by atoms with Crippen LogP contribution in [0.15, 0.2) is 40.9 Å². The van der Waals surface area contributed by atoms with Crippen molar-refractivity contribution in [1.82, 2.24) is 0 Å². The Morgan fingerprint density at radius 1 is 1.30 bits per heavy atom. The van der Waals surface area contributed by atoms with Crippen LogP contribution in [0, 0.1) is 5.82 Å². The molecule has 2 N–H and O–H groups in total. The highest BCUT2D eigenvalue weighted by Crippen LogP contribution is 2.26. The molecule has 0 aliphatic carbocycles. The number of phenolic OH excluding ortho intramolecular Hbond substituents is 1. The fraction of sp³-hybridized carbons (Fsp3) is 0.200. The zero-order valence-corrected chi connectivity index (χ0v) is 12.6. The van der Waals surface area contributed by atoms with Crippen LogP contribution in [0.1, 0.15) is 11.1 Å². The monoisotopic (exact) mass is 339 g/mol. The topological polar surface area (TPSA) is 41.5 Å². The van der Waals surface area contributed by atoms with E-state index in [1.165, 1.54) is 12.1 Å². The third kappa shape index (κ3) is 3.49. The molecule has 0 saturated heterocycles. The Bertz CT molecular complexity index is 604. The molecule has 0 atom stereocenters. The standard InChI is InChI=1S/C15H15BrFNO2/c1-20-9-11-12(16)3-2-4-14(11)18-8-10-5-6-15(19)13(17)7-10/h2-7,18-19H,8-9H2,1H3. The number of hydrogen-bond acceptors (Lipinski definition) is 3. The van der Waals surface area contributed by atoms with Crippen LogP contribution in [-0.4, -0.2) is 12.2 Å². The van der Waals surface area contributed by atoms with Crippen LogP contribution in [0.25, 0.3) is 0 Å². The Morgan fingerprint density at radius 2 is 2.10 bits per heavy atom. The highest BCUT2D eigenvalue weighted by Gasteiger charge is 2.07. The maximum atomic E-state index is 13.3. The molecule has 0 aliphatic heterocycles. The Hall–Kier alpha value is -1.59. The number of halogens is 2. The van der Waals surface area contributed by atoms with Crippen molar-refractivity contribution < 1.29 is 14.2 Å². The average molecular weight is 340 g/mol. The zero-order valence-electron chi connectivity index (χ0n) is 11.0. The number of methoxy groups -OCH3 is 1. The third-order valence-corrected chi connectivity index (χ3v) is 3.65. The van der Waals surface area contributed by atoms with Gasteiger partial charge >= 0.3 is 0 Å². The number of anilines is 1. The summed E-state index contributed by atoms with van der Waals surface area (Å²) in [7, 11) is 1.64. The number of phenols is 1. The maximum Gasteiger partial charge on any atom is 0.165 e. The molecule has 2 rings (SSSR count). The highest BCUT2D eigenvalue weighted by atomic mass is 79.9. The van der Waals surface area contributed by atoms with E-state index in [1.807, 2.05) is 18.2 Å². The van der Waals surface area contributed by atoms with Crippen molar-refractivity contribution in [2.24, 2.45) is 0 Å². The van der Waals surface area contributed by atoms with E-state index in [1.54, 1.807) is 13.2 Å². The zero-order chi connectivity index (χ0) is 14.5. The molecule has 0 aromatic heterocycles. The van der Waals surface area contributed by atoms with Crippen LogP contribution in [-0.2, 0) is 17.9 Å². The van der Waals surface area contributed by atoms with E-state index in [4.69, 9.17) is 9.84 Å². The molecule has 3 nitrogen and oxygen atoms in total. The van der Waals surface area contributed by atoms with Gasteiger partial charge in [0.25, 0.3) is 0 Å². The lowest BCUT2D eigenvalue weighted by Crippen LogP contribution is -2.04. The molecule has 2 aromatic carbocycles. The van der Waals surface area contributed by atoms with Gasteiger partial charge < -0.3 is 15.2 Å². The lowest BCUT2D eigenvalue weighted by atomic mass is 10.1. The SMILES string of the molecule is COCc1c(Br)cccc1NCc1ccc(O)c(F)c1. The van der Waals surface area contributed by atoms with Gasteiger partial charge in [-0.3, -0.25) is 0 Å². The third-order valence-electron chi connectivity index (χ3n) is 2.90. The van der Waals surface area contributed by atoms with Gasteiger partial charge in [0, 0.05) is 29.4 Å². The molecule has 0 radical (unpaired) electrons. The van der Waals surface area contributed by atoms with Crippen molar-refractivity contribution in [3.63, 3.8) is 0 Å². The molecule has 2 aromatic rings. The minimum Gasteiger partial charge on any atom is -0.505 e. The molecule has 0 heterocycles. The van der Waals surface area contributed by atoms with Crippen molar-refractivity contribution >= 4 is 21.6 Å². The number of nitrogens with one attached hydrogen (secondary N) is 1. The summed E-state index contributed by atoms with van der Waals surface area (Å²) in [4.78, 5) is 0.